The lowest BCUT2D eigenvalue weighted by Gasteiger charge is -2.31. The highest BCUT2D eigenvalue weighted by molar-refractivity contribution is 5.24. The minimum atomic E-state index is 0.456. The summed E-state index contributed by atoms with van der Waals surface area (Å²) in [6.45, 7) is 9.28. The fourth-order valence-corrected chi connectivity index (χ4v) is 3.08. The van der Waals surface area contributed by atoms with Crippen molar-refractivity contribution in [2.75, 3.05) is 0 Å². The molecule has 0 radical (unpaired) electrons. The highest BCUT2D eigenvalue weighted by atomic mass is 15.0. The number of nitrogens with one attached hydrogen (secondary N) is 1. The molecule has 1 heteroatoms. The fraction of sp³-hybridized carbons (Fsp3) is 0.647. The molecule has 0 amide bonds. The van der Waals surface area contributed by atoms with E-state index < -0.39 is 0 Å². The number of hydrogen-bond acceptors (Lipinski definition) is 1. The van der Waals surface area contributed by atoms with E-state index in [9.17, 15) is 0 Å². The first kappa shape index (κ1) is 13.6. The number of rotatable bonds is 4. The van der Waals surface area contributed by atoms with Gasteiger partial charge in [0, 0.05) is 12.1 Å². The van der Waals surface area contributed by atoms with Crippen molar-refractivity contribution in [1.82, 2.24) is 5.32 Å². The summed E-state index contributed by atoms with van der Waals surface area (Å²) in [4.78, 5) is 0. The zero-order valence-corrected chi connectivity index (χ0v) is 12.3. The van der Waals surface area contributed by atoms with Crippen LogP contribution in [0.5, 0.6) is 0 Å². The molecule has 1 N–H and O–H groups in total. The van der Waals surface area contributed by atoms with Crippen molar-refractivity contribution in [3.8, 4) is 0 Å². The van der Waals surface area contributed by atoms with Crippen LogP contribution in [-0.4, -0.2) is 6.04 Å². The first-order valence-electron chi connectivity index (χ1n) is 7.38. The second kappa shape index (κ2) is 5.44. The summed E-state index contributed by atoms with van der Waals surface area (Å²) in [6.07, 6.45) is 5.17. The Kier molecular flexibility index (Phi) is 4.11. The lowest BCUT2D eigenvalue weighted by Crippen LogP contribution is -2.39. The van der Waals surface area contributed by atoms with E-state index in [1.54, 1.807) is 0 Å². The molecule has 0 saturated heterocycles. The molecule has 1 aliphatic rings. The second-order valence-corrected chi connectivity index (χ2v) is 6.42. The average molecular weight is 245 g/mol. The minimum Gasteiger partial charge on any atom is -0.307 e. The normalized spacial score (nSPS) is 24.1. The summed E-state index contributed by atoms with van der Waals surface area (Å²) >= 11 is 0. The van der Waals surface area contributed by atoms with E-state index in [1.165, 1.54) is 30.4 Å². The van der Waals surface area contributed by atoms with E-state index in [0.717, 1.165) is 6.42 Å². The summed E-state index contributed by atoms with van der Waals surface area (Å²) in [5.41, 5.74) is 3.29. The summed E-state index contributed by atoms with van der Waals surface area (Å²) in [5, 5.41) is 3.82. The van der Waals surface area contributed by atoms with Gasteiger partial charge < -0.3 is 5.32 Å². The smallest absolute Gasteiger partial charge is 0.0294 e. The molecule has 0 aliphatic heterocycles. The molecule has 1 saturated carbocycles. The fourth-order valence-electron chi connectivity index (χ4n) is 3.08. The summed E-state index contributed by atoms with van der Waals surface area (Å²) < 4.78 is 0. The lowest BCUT2D eigenvalue weighted by molar-refractivity contribution is 0.266. The molecule has 0 bridgehead atoms. The van der Waals surface area contributed by atoms with Crippen LogP contribution in [0.2, 0.25) is 0 Å². The Balaban J connectivity index is 2.00. The molecule has 1 aromatic rings. The monoisotopic (exact) mass is 245 g/mol. The topological polar surface area (TPSA) is 12.0 Å². The van der Waals surface area contributed by atoms with Gasteiger partial charge in [-0.25, -0.2) is 0 Å². The quantitative estimate of drug-likeness (QED) is 0.824. The molecule has 2 atom stereocenters. The van der Waals surface area contributed by atoms with Crippen molar-refractivity contribution in [2.45, 2.75) is 65.5 Å². The van der Waals surface area contributed by atoms with Gasteiger partial charge in [0.2, 0.25) is 0 Å². The largest absolute Gasteiger partial charge is 0.307 e. The Morgan fingerprint density at radius 2 is 1.94 bits per heavy atom. The Labute approximate surface area is 112 Å². The van der Waals surface area contributed by atoms with Gasteiger partial charge in [0.15, 0.2) is 0 Å². The Morgan fingerprint density at radius 3 is 2.44 bits per heavy atom. The molecule has 1 fully saturated rings. The van der Waals surface area contributed by atoms with E-state index in [2.05, 4.69) is 57.3 Å². The Morgan fingerprint density at radius 1 is 1.28 bits per heavy atom. The van der Waals surface area contributed by atoms with Gasteiger partial charge in [-0.05, 0) is 42.7 Å². The molecule has 1 nitrogen and oxygen atoms in total. The molecule has 0 aromatic heterocycles. The summed E-state index contributed by atoms with van der Waals surface area (Å²) in [6, 6.07) is 10.2. The molecule has 0 spiro atoms. The zero-order chi connectivity index (χ0) is 13.2. The molecule has 2 rings (SSSR count). The van der Waals surface area contributed by atoms with Crippen molar-refractivity contribution in [2.24, 2.45) is 5.41 Å². The van der Waals surface area contributed by atoms with Gasteiger partial charge in [-0.1, -0.05) is 51.5 Å². The predicted octanol–water partition coefficient (Wildman–Crippen LogP) is 4.48. The Bertz CT molecular complexity index is 377. The summed E-state index contributed by atoms with van der Waals surface area (Å²) in [7, 11) is 0. The zero-order valence-electron chi connectivity index (χ0n) is 12.3. The maximum Gasteiger partial charge on any atom is 0.0294 e. The maximum absolute atomic E-state index is 3.82. The van der Waals surface area contributed by atoms with Gasteiger partial charge in [0.25, 0.3) is 0 Å². The van der Waals surface area contributed by atoms with Crippen LogP contribution in [0, 0.1) is 5.41 Å². The van der Waals surface area contributed by atoms with Crippen LogP contribution < -0.4 is 5.32 Å². The van der Waals surface area contributed by atoms with E-state index >= 15 is 0 Å². The van der Waals surface area contributed by atoms with Crippen LogP contribution in [0.15, 0.2) is 24.3 Å². The molecule has 100 valence electrons. The molecular weight excluding hydrogens is 218 g/mol. The molecule has 2 unspecified atom stereocenters. The van der Waals surface area contributed by atoms with Crippen molar-refractivity contribution in [1.29, 1.82) is 0 Å². The predicted molar refractivity (Wildman–Crippen MR) is 78.8 cm³/mol. The van der Waals surface area contributed by atoms with E-state index in [1.807, 2.05) is 0 Å². The first-order valence-corrected chi connectivity index (χ1v) is 7.38. The third kappa shape index (κ3) is 2.95. The van der Waals surface area contributed by atoms with Crippen LogP contribution >= 0.6 is 0 Å². The van der Waals surface area contributed by atoms with Crippen LogP contribution in [0.4, 0.5) is 0 Å². The lowest BCUT2D eigenvalue weighted by atomic mass is 9.86. The van der Waals surface area contributed by atoms with Crippen LogP contribution in [0.3, 0.4) is 0 Å². The van der Waals surface area contributed by atoms with Gasteiger partial charge >= 0.3 is 0 Å². The van der Waals surface area contributed by atoms with Gasteiger partial charge in [0.05, 0.1) is 0 Å². The van der Waals surface area contributed by atoms with E-state index in [0.29, 0.717) is 17.5 Å². The van der Waals surface area contributed by atoms with Gasteiger partial charge in [-0.15, -0.1) is 0 Å². The number of hydrogen-bond donors (Lipinski definition) is 1. The van der Waals surface area contributed by atoms with Crippen LogP contribution in [-0.2, 0) is 6.42 Å². The summed E-state index contributed by atoms with van der Waals surface area (Å²) in [5.74, 6) is 0. The molecule has 1 aromatic carbocycles. The van der Waals surface area contributed by atoms with Crippen molar-refractivity contribution >= 4 is 0 Å². The van der Waals surface area contributed by atoms with Crippen LogP contribution in [0.1, 0.15) is 64.1 Å². The van der Waals surface area contributed by atoms with Crippen LogP contribution in [0.25, 0.3) is 0 Å². The molecular formula is C17H27N. The molecule has 18 heavy (non-hydrogen) atoms. The van der Waals surface area contributed by atoms with E-state index in [4.69, 9.17) is 0 Å². The van der Waals surface area contributed by atoms with Gasteiger partial charge in [-0.3, -0.25) is 0 Å². The molecule has 0 heterocycles. The number of benzene rings is 1. The standard InChI is InChI=1S/C17H27N/c1-5-14-8-10-15(11-9-14)13(2)18-16-7-6-12-17(16,3)4/h8-11,13,16,18H,5-7,12H2,1-4H3. The SMILES string of the molecule is CCc1ccc(C(C)NC2CCCC2(C)C)cc1. The highest BCUT2D eigenvalue weighted by Gasteiger charge is 2.34. The third-order valence-corrected chi connectivity index (χ3v) is 4.60. The highest BCUT2D eigenvalue weighted by Crippen LogP contribution is 2.38. The van der Waals surface area contributed by atoms with Crippen molar-refractivity contribution in [3.05, 3.63) is 35.4 Å². The molecule has 1 aliphatic carbocycles. The first-order chi connectivity index (χ1) is 8.53. The van der Waals surface area contributed by atoms with Crippen molar-refractivity contribution < 1.29 is 0 Å². The van der Waals surface area contributed by atoms with Crippen molar-refractivity contribution in [3.63, 3.8) is 0 Å². The maximum atomic E-state index is 3.82. The number of aryl methyl sites for hydroxylation is 1. The van der Waals surface area contributed by atoms with E-state index in [-0.39, 0.29) is 0 Å². The van der Waals surface area contributed by atoms with Gasteiger partial charge in [-0.2, -0.15) is 0 Å². The Hall–Kier alpha value is -0.820. The third-order valence-electron chi connectivity index (χ3n) is 4.60. The van der Waals surface area contributed by atoms with Gasteiger partial charge in [0.1, 0.15) is 0 Å². The average Bonchev–Trinajstić information content (AvgIpc) is 2.69. The second-order valence-electron chi connectivity index (χ2n) is 6.42. The minimum absolute atomic E-state index is 0.456.